The average Bonchev–Trinajstić information content (AvgIpc) is 2.75. The van der Waals surface area contributed by atoms with Crippen molar-refractivity contribution in [3.63, 3.8) is 0 Å². The van der Waals surface area contributed by atoms with Gasteiger partial charge in [0.05, 0.1) is 24.1 Å². The zero-order valence-corrected chi connectivity index (χ0v) is 11.7. The summed E-state index contributed by atoms with van der Waals surface area (Å²) in [5, 5.41) is 5.11. The van der Waals surface area contributed by atoms with E-state index in [1.54, 1.807) is 14.0 Å². The summed E-state index contributed by atoms with van der Waals surface area (Å²) in [6.45, 7) is 3.53. The minimum Gasteiger partial charge on any atom is -0.302 e. The van der Waals surface area contributed by atoms with Gasteiger partial charge in [-0.25, -0.2) is 9.97 Å². The topological polar surface area (TPSA) is 76.9 Å². The predicted molar refractivity (Wildman–Crippen MR) is 73.4 cm³/mol. The maximum atomic E-state index is 11.8. The van der Waals surface area contributed by atoms with Gasteiger partial charge >= 0.3 is 0 Å². The number of anilines is 1. The normalized spacial score (nSPS) is 10.5. The monoisotopic (exact) mass is 278 g/mol. The molecule has 6 nitrogen and oxygen atoms in total. The van der Waals surface area contributed by atoms with E-state index in [1.807, 2.05) is 12.3 Å². The Morgan fingerprint density at radius 1 is 1.47 bits per heavy atom. The van der Waals surface area contributed by atoms with Gasteiger partial charge in [0.25, 0.3) is 5.56 Å². The van der Waals surface area contributed by atoms with Crippen molar-refractivity contribution >= 4 is 22.4 Å². The molecule has 0 aliphatic rings. The molecule has 19 heavy (non-hydrogen) atoms. The van der Waals surface area contributed by atoms with Crippen LogP contribution in [0.15, 0.2) is 16.5 Å². The van der Waals surface area contributed by atoms with Crippen LogP contribution >= 0.6 is 11.3 Å². The first-order valence-corrected chi connectivity index (χ1v) is 6.58. The van der Waals surface area contributed by atoms with E-state index in [9.17, 15) is 9.59 Å². The average molecular weight is 278 g/mol. The highest BCUT2D eigenvalue weighted by Gasteiger charge is 2.11. The predicted octanol–water partition coefficient (Wildman–Crippen LogP) is 1.03. The van der Waals surface area contributed by atoms with Gasteiger partial charge in [-0.15, -0.1) is 11.3 Å². The van der Waals surface area contributed by atoms with Crippen LogP contribution in [0.4, 0.5) is 5.13 Å². The van der Waals surface area contributed by atoms with Crippen LogP contribution in [0.2, 0.25) is 0 Å². The standard InChI is InChI=1S/C12H14N4O2S/c1-7-5-19-12(14-7)15-10(17)4-9-8(2)11(18)16(3)6-13-9/h5-6H,4H2,1-3H3,(H,14,15,17). The van der Waals surface area contributed by atoms with Crippen molar-refractivity contribution in [3.8, 4) is 0 Å². The highest BCUT2D eigenvalue weighted by Crippen LogP contribution is 2.14. The summed E-state index contributed by atoms with van der Waals surface area (Å²) in [4.78, 5) is 31.8. The number of carbonyl (C=O) groups is 1. The van der Waals surface area contributed by atoms with Gasteiger partial charge in [0.2, 0.25) is 5.91 Å². The zero-order chi connectivity index (χ0) is 14.0. The van der Waals surface area contributed by atoms with Crippen molar-refractivity contribution < 1.29 is 4.79 Å². The Balaban J connectivity index is 2.11. The molecule has 100 valence electrons. The van der Waals surface area contributed by atoms with Crippen LogP contribution in [-0.2, 0) is 18.3 Å². The van der Waals surface area contributed by atoms with Crippen LogP contribution in [0.1, 0.15) is 17.0 Å². The Labute approximate surface area is 114 Å². The molecule has 7 heteroatoms. The van der Waals surface area contributed by atoms with Crippen LogP contribution in [0.3, 0.4) is 0 Å². The highest BCUT2D eigenvalue weighted by molar-refractivity contribution is 7.13. The Morgan fingerprint density at radius 2 is 2.21 bits per heavy atom. The van der Waals surface area contributed by atoms with E-state index in [1.165, 1.54) is 22.2 Å². The number of amides is 1. The Morgan fingerprint density at radius 3 is 2.84 bits per heavy atom. The van der Waals surface area contributed by atoms with Gasteiger partial charge in [-0.3, -0.25) is 9.59 Å². The van der Waals surface area contributed by atoms with Gasteiger partial charge in [-0.1, -0.05) is 0 Å². The molecule has 1 amide bonds. The number of hydrogen-bond donors (Lipinski definition) is 1. The largest absolute Gasteiger partial charge is 0.302 e. The summed E-state index contributed by atoms with van der Waals surface area (Å²) in [7, 11) is 1.63. The molecular weight excluding hydrogens is 264 g/mol. The van der Waals surface area contributed by atoms with Crippen molar-refractivity contribution in [1.29, 1.82) is 0 Å². The van der Waals surface area contributed by atoms with Crippen LogP contribution < -0.4 is 10.9 Å². The molecule has 0 saturated heterocycles. The summed E-state index contributed by atoms with van der Waals surface area (Å²) >= 11 is 1.37. The first-order valence-electron chi connectivity index (χ1n) is 5.70. The van der Waals surface area contributed by atoms with E-state index in [0.29, 0.717) is 16.4 Å². The van der Waals surface area contributed by atoms with Gasteiger partial charge in [0.15, 0.2) is 5.13 Å². The smallest absolute Gasteiger partial charge is 0.256 e. The first kappa shape index (κ1) is 13.4. The molecule has 0 unspecified atom stereocenters. The summed E-state index contributed by atoms with van der Waals surface area (Å²) < 4.78 is 1.39. The molecule has 0 spiro atoms. The zero-order valence-electron chi connectivity index (χ0n) is 10.9. The molecule has 0 aromatic carbocycles. The lowest BCUT2D eigenvalue weighted by atomic mass is 10.2. The van der Waals surface area contributed by atoms with E-state index in [0.717, 1.165) is 5.69 Å². The maximum absolute atomic E-state index is 11.8. The molecule has 1 N–H and O–H groups in total. The Bertz CT molecular complexity index is 675. The SMILES string of the molecule is Cc1csc(NC(=O)Cc2ncn(C)c(=O)c2C)n1. The van der Waals surface area contributed by atoms with Crippen LogP contribution in [-0.4, -0.2) is 20.4 Å². The molecule has 0 aliphatic carbocycles. The van der Waals surface area contributed by atoms with Crippen molar-refractivity contribution in [3.05, 3.63) is 39.0 Å². The van der Waals surface area contributed by atoms with E-state index < -0.39 is 0 Å². The molecule has 2 aromatic heterocycles. The number of hydrogen-bond acceptors (Lipinski definition) is 5. The third-order valence-electron chi connectivity index (χ3n) is 2.65. The van der Waals surface area contributed by atoms with Crippen molar-refractivity contribution in [2.24, 2.45) is 7.05 Å². The number of nitrogens with zero attached hydrogens (tertiary/aromatic N) is 3. The van der Waals surface area contributed by atoms with Gasteiger partial charge in [0, 0.05) is 18.0 Å². The molecule has 2 rings (SSSR count). The number of aryl methyl sites for hydroxylation is 2. The second kappa shape index (κ2) is 5.31. The number of aromatic nitrogens is 3. The molecule has 0 aliphatic heterocycles. The second-order valence-corrected chi connectivity index (χ2v) is 5.11. The lowest BCUT2D eigenvalue weighted by Gasteiger charge is -2.05. The number of carbonyl (C=O) groups excluding carboxylic acids is 1. The lowest BCUT2D eigenvalue weighted by Crippen LogP contribution is -2.24. The van der Waals surface area contributed by atoms with Gasteiger partial charge in [-0.05, 0) is 13.8 Å². The van der Waals surface area contributed by atoms with Crippen molar-refractivity contribution in [1.82, 2.24) is 14.5 Å². The lowest BCUT2D eigenvalue weighted by molar-refractivity contribution is -0.115. The fourth-order valence-corrected chi connectivity index (χ4v) is 2.30. The summed E-state index contributed by atoms with van der Waals surface area (Å²) in [6.07, 6.45) is 1.49. The van der Waals surface area contributed by atoms with Gasteiger partial charge in [-0.2, -0.15) is 0 Å². The third-order valence-corrected chi connectivity index (χ3v) is 3.53. The van der Waals surface area contributed by atoms with Crippen molar-refractivity contribution in [2.75, 3.05) is 5.32 Å². The molecule has 0 atom stereocenters. The minimum absolute atomic E-state index is 0.0700. The van der Waals surface area contributed by atoms with Crippen LogP contribution in [0.5, 0.6) is 0 Å². The minimum atomic E-state index is -0.224. The van der Waals surface area contributed by atoms with E-state index >= 15 is 0 Å². The van der Waals surface area contributed by atoms with Crippen LogP contribution in [0, 0.1) is 13.8 Å². The second-order valence-electron chi connectivity index (χ2n) is 4.25. The fourth-order valence-electron chi connectivity index (χ4n) is 1.60. The summed E-state index contributed by atoms with van der Waals surface area (Å²) in [5.41, 5.74) is 1.72. The molecule has 2 aromatic rings. The number of rotatable bonds is 3. The van der Waals surface area contributed by atoms with Crippen molar-refractivity contribution in [2.45, 2.75) is 20.3 Å². The van der Waals surface area contributed by atoms with E-state index in [4.69, 9.17) is 0 Å². The quantitative estimate of drug-likeness (QED) is 0.910. The Kier molecular flexibility index (Phi) is 3.75. The molecule has 0 saturated carbocycles. The van der Waals surface area contributed by atoms with Crippen LogP contribution in [0.25, 0.3) is 0 Å². The van der Waals surface area contributed by atoms with Gasteiger partial charge in [0.1, 0.15) is 0 Å². The number of nitrogens with one attached hydrogen (secondary N) is 1. The Hall–Kier alpha value is -2.02. The summed E-state index contributed by atoms with van der Waals surface area (Å²) in [6, 6.07) is 0. The van der Waals surface area contributed by atoms with E-state index in [2.05, 4.69) is 15.3 Å². The third kappa shape index (κ3) is 3.05. The highest BCUT2D eigenvalue weighted by atomic mass is 32.1. The van der Waals surface area contributed by atoms with E-state index in [-0.39, 0.29) is 17.9 Å². The summed E-state index contributed by atoms with van der Waals surface area (Å²) in [5.74, 6) is -0.224. The first-order chi connectivity index (χ1) is 8.97. The molecule has 0 bridgehead atoms. The van der Waals surface area contributed by atoms with Gasteiger partial charge < -0.3 is 9.88 Å². The maximum Gasteiger partial charge on any atom is 0.256 e. The number of thiazole rings is 1. The fraction of sp³-hybridized carbons (Fsp3) is 0.333. The molecular formula is C12H14N4O2S. The molecule has 2 heterocycles. The molecule has 0 radical (unpaired) electrons. The molecule has 0 fully saturated rings.